The number of morpholine rings is 1. The number of nitrogens with zero attached hydrogens (tertiary/aromatic N) is 2. The van der Waals surface area contributed by atoms with Gasteiger partial charge in [-0.05, 0) is 50.2 Å². The zero-order valence-electron chi connectivity index (χ0n) is 14.2. The van der Waals surface area contributed by atoms with Gasteiger partial charge in [-0.25, -0.2) is 9.37 Å². The molecule has 7 heteroatoms. The molecular formula is C18H21FN4O2. The number of halogens is 1. The summed E-state index contributed by atoms with van der Waals surface area (Å²) in [7, 11) is 0. The van der Waals surface area contributed by atoms with Crippen molar-refractivity contribution < 1.29 is 13.9 Å². The van der Waals surface area contributed by atoms with Gasteiger partial charge in [0.25, 0.3) is 5.91 Å². The van der Waals surface area contributed by atoms with Crippen LogP contribution in [-0.4, -0.2) is 36.2 Å². The van der Waals surface area contributed by atoms with Crippen LogP contribution in [0.2, 0.25) is 0 Å². The van der Waals surface area contributed by atoms with Gasteiger partial charge in [-0.2, -0.15) is 0 Å². The first-order chi connectivity index (χ1) is 12.0. The Labute approximate surface area is 146 Å². The van der Waals surface area contributed by atoms with E-state index in [0.29, 0.717) is 11.3 Å². The zero-order chi connectivity index (χ0) is 17.8. The number of hydrazine groups is 1. The number of carbonyl (C=O) groups excluding carboxylic acids is 1. The van der Waals surface area contributed by atoms with Gasteiger partial charge in [-0.3, -0.25) is 15.6 Å². The normalized spacial score (nSPS) is 20.2. The van der Waals surface area contributed by atoms with Gasteiger partial charge >= 0.3 is 0 Å². The molecule has 0 unspecified atom stereocenters. The van der Waals surface area contributed by atoms with Crippen LogP contribution in [-0.2, 0) is 4.74 Å². The molecule has 3 rings (SSSR count). The molecule has 0 spiro atoms. The fraction of sp³-hybridized carbons (Fsp3) is 0.333. The molecule has 2 atom stereocenters. The Hall–Kier alpha value is -2.67. The number of aromatic nitrogens is 1. The van der Waals surface area contributed by atoms with Gasteiger partial charge in [0.1, 0.15) is 11.6 Å². The second-order valence-electron chi connectivity index (χ2n) is 6.15. The molecule has 0 aliphatic carbocycles. The molecule has 1 aromatic heterocycles. The number of amides is 1. The molecule has 2 aromatic rings. The number of rotatable bonds is 4. The Morgan fingerprint density at radius 2 is 1.84 bits per heavy atom. The number of carbonyl (C=O) groups is 1. The van der Waals surface area contributed by atoms with Crippen molar-refractivity contribution in [3.63, 3.8) is 0 Å². The molecule has 2 N–H and O–H groups in total. The Balaban J connectivity index is 1.59. The third-order valence-corrected chi connectivity index (χ3v) is 3.92. The Morgan fingerprint density at radius 1 is 1.16 bits per heavy atom. The van der Waals surface area contributed by atoms with Crippen molar-refractivity contribution in [2.45, 2.75) is 26.1 Å². The van der Waals surface area contributed by atoms with E-state index < -0.39 is 0 Å². The molecule has 1 aromatic carbocycles. The van der Waals surface area contributed by atoms with Crippen LogP contribution in [0.1, 0.15) is 24.2 Å². The topological polar surface area (TPSA) is 66.5 Å². The number of nitrogens with one attached hydrogen (secondary N) is 2. The highest BCUT2D eigenvalue weighted by atomic mass is 19.1. The standard InChI is InChI=1S/C18H21FN4O2/c1-12-10-23(11-13(2)25-12)17-8-3-14(9-20-17)18(24)22-21-16-6-4-15(19)5-7-16/h3-9,12-13,21H,10-11H2,1-2H3,(H,22,24)/t12-,13+. The number of ether oxygens (including phenoxy) is 1. The molecule has 0 radical (unpaired) electrons. The van der Waals surface area contributed by atoms with Crippen molar-refractivity contribution in [3.05, 3.63) is 54.0 Å². The van der Waals surface area contributed by atoms with Gasteiger partial charge in [-0.15, -0.1) is 0 Å². The molecule has 1 aliphatic heterocycles. The maximum atomic E-state index is 12.9. The van der Waals surface area contributed by atoms with E-state index in [1.54, 1.807) is 12.3 Å². The first-order valence-corrected chi connectivity index (χ1v) is 8.19. The minimum Gasteiger partial charge on any atom is -0.372 e. The van der Waals surface area contributed by atoms with Crippen molar-refractivity contribution in [2.24, 2.45) is 0 Å². The Bertz CT molecular complexity index is 711. The minimum atomic E-state index is -0.330. The number of pyridine rings is 1. The maximum Gasteiger partial charge on any atom is 0.271 e. The first kappa shape index (κ1) is 17.2. The maximum absolute atomic E-state index is 12.9. The van der Waals surface area contributed by atoms with Crippen LogP contribution in [0.4, 0.5) is 15.9 Å². The zero-order valence-corrected chi connectivity index (χ0v) is 14.2. The van der Waals surface area contributed by atoms with Crippen LogP contribution in [0.5, 0.6) is 0 Å². The van der Waals surface area contributed by atoms with Crippen LogP contribution in [0.3, 0.4) is 0 Å². The molecule has 1 aliphatic rings. The SMILES string of the molecule is C[C@@H]1CN(c2ccc(C(=O)NNc3ccc(F)cc3)cn2)C[C@H](C)O1. The fourth-order valence-electron chi connectivity index (χ4n) is 2.81. The molecule has 1 amide bonds. The predicted molar refractivity (Wildman–Crippen MR) is 93.9 cm³/mol. The molecule has 25 heavy (non-hydrogen) atoms. The lowest BCUT2D eigenvalue weighted by atomic mass is 10.2. The molecule has 0 bridgehead atoms. The highest BCUT2D eigenvalue weighted by Crippen LogP contribution is 2.18. The highest BCUT2D eigenvalue weighted by molar-refractivity contribution is 5.94. The third kappa shape index (κ3) is 4.45. The van der Waals surface area contributed by atoms with Crippen molar-refractivity contribution in [3.8, 4) is 0 Å². The van der Waals surface area contributed by atoms with E-state index in [1.165, 1.54) is 24.3 Å². The summed E-state index contributed by atoms with van der Waals surface area (Å²) in [4.78, 5) is 18.7. The number of benzene rings is 1. The lowest BCUT2D eigenvalue weighted by Gasteiger charge is -2.36. The van der Waals surface area contributed by atoms with E-state index in [-0.39, 0.29) is 23.9 Å². The van der Waals surface area contributed by atoms with Crippen LogP contribution >= 0.6 is 0 Å². The molecule has 2 heterocycles. The van der Waals surface area contributed by atoms with E-state index in [0.717, 1.165) is 18.9 Å². The van der Waals surface area contributed by atoms with E-state index in [4.69, 9.17) is 4.74 Å². The van der Waals surface area contributed by atoms with E-state index >= 15 is 0 Å². The highest BCUT2D eigenvalue weighted by Gasteiger charge is 2.23. The summed E-state index contributed by atoms with van der Waals surface area (Å²) in [5, 5.41) is 0. The van der Waals surface area contributed by atoms with Crippen molar-refractivity contribution in [1.29, 1.82) is 0 Å². The average molecular weight is 344 g/mol. The summed E-state index contributed by atoms with van der Waals surface area (Å²) in [6, 6.07) is 9.27. The van der Waals surface area contributed by atoms with Gasteiger partial charge in [0, 0.05) is 19.3 Å². The van der Waals surface area contributed by atoms with E-state index in [1.807, 2.05) is 19.9 Å². The summed E-state index contributed by atoms with van der Waals surface area (Å²) in [5.41, 5.74) is 6.33. The average Bonchev–Trinajstić information content (AvgIpc) is 2.60. The Kier molecular flexibility index (Phi) is 5.14. The summed E-state index contributed by atoms with van der Waals surface area (Å²) in [6.45, 7) is 5.61. The third-order valence-electron chi connectivity index (χ3n) is 3.92. The van der Waals surface area contributed by atoms with Crippen LogP contribution < -0.4 is 15.8 Å². The van der Waals surface area contributed by atoms with E-state index in [2.05, 4.69) is 20.7 Å². The molecule has 132 valence electrons. The van der Waals surface area contributed by atoms with Crippen LogP contribution in [0, 0.1) is 5.82 Å². The number of hydrogen-bond donors (Lipinski definition) is 2. The van der Waals surface area contributed by atoms with E-state index in [9.17, 15) is 9.18 Å². The summed E-state index contributed by atoms with van der Waals surface area (Å²) in [6.07, 6.45) is 1.84. The van der Waals surface area contributed by atoms with Crippen LogP contribution in [0.15, 0.2) is 42.6 Å². The predicted octanol–water partition coefficient (Wildman–Crippen LogP) is 2.59. The monoisotopic (exact) mass is 344 g/mol. The van der Waals surface area contributed by atoms with Crippen molar-refractivity contribution >= 4 is 17.4 Å². The first-order valence-electron chi connectivity index (χ1n) is 8.19. The largest absolute Gasteiger partial charge is 0.372 e. The molecule has 1 saturated heterocycles. The Morgan fingerprint density at radius 3 is 2.44 bits per heavy atom. The number of anilines is 2. The summed E-state index contributed by atoms with van der Waals surface area (Å²) in [5.74, 6) is 0.181. The second-order valence-corrected chi connectivity index (χ2v) is 6.15. The smallest absolute Gasteiger partial charge is 0.271 e. The summed E-state index contributed by atoms with van der Waals surface area (Å²) < 4.78 is 18.6. The molecule has 6 nitrogen and oxygen atoms in total. The summed E-state index contributed by atoms with van der Waals surface area (Å²) >= 11 is 0. The quantitative estimate of drug-likeness (QED) is 0.835. The molecular weight excluding hydrogens is 323 g/mol. The van der Waals surface area contributed by atoms with Gasteiger partial charge in [0.05, 0.1) is 23.5 Å². The lowest BCUT2D eigenvalue weighted by Crippen LogP contribution is -2.45. The molecule has 1 fully saturated rings. The minimum absolute atomic E-state index is 0.147. The second kappa shape index (κ2) is 7.48. The van der Waals surface area contributed by atoms with Gasteiger partial charge in [0.15, 0.2) is 0 Å². The van der Waals surface area contributed by atoms with Gasteiger partial charge in [0.2, 0.25) is 0 Å². The molecule has 0 saturated carbocycles. The number of hydrogen-bond acceptors (Lipinski definition) is 5. The van der Waals surface area contributed by atoms with Crippen molar-refractivity contribution in [1.82, 2.24) is 10.4 Å². The van der Waals surface area contributed by atoms with Gasteiger partial charge < -0.3 is 9.64 Å². The van der Waals surface area contributed by atoms with Crippen LogP contribution in [0.25, 0.3) is 0 Å². The van der Waals surface area contributed by atoms with Gasteiger partial charge in [-0.1, -0.05) is 0 Å². The fourth-order valence-corrected chi connectivity index (χ4v) is 2.81. The van der Waals surface area contributed by atoms with Crippen molar-refractivity contribution in [2.75, 3.05) is 23.4 Å². The lowest BCUT2D eigenvalue weighted by molar-refractivity contribution is -0.00546.